The van der Waals surface area contributed by atoms with Gasteiger partial charge >= 0.3 is 0 Å². The Morgan fingerprint density at radius 3 is 2.76 bits per heavy atom. The molecule has 0 aromatic carbocycles. The van der Waals surface area contributed by atoms with E-state index in [9.17, 15) is 9.90 Å². The van der Waals surface area contributed by atoms with Gasteiger partial charge < -0.3 is 24.4 Å². The maximum atomic E-state index is 12.4. The highest BCUT2D eigenvalue weighted by atomic mass is 16.3. The zero-order valence-corrected chi connectivity index (χ0v) is 12.5. The number of carbonyl (C=O) groups excluding carboxylic acids is 1. The van der Waals surface area contributed by atoms with Gasteiger partial charge in [-0.15, -0.1) is 0 Å². The Hall–Kier alpha value is -1.44. The maximum Gasteiger partial charge on any atom is 0.291 e. The van der Waals surface area contributed by atoms with Gasteiger partial charge in [0.25, 0.3) is 5.91 Å². The smallest absolute Gasteiger partial charge is 0.291 e. The average Bonchev–Trinajstić information content (AvgIpc) is 3.04. The van der Waals surface area contributed by atoms with Crippen LogP contribution in [0.25, 0.3) is 0 Å². The minimum Gasteiger partial charge on any atom is -0.438 e. The summed E-state index contributed by atoms with van der Waals surface area (Å²) in [4.78, 5) is 20.1. The fraction of sp³-hybridized carbons (Fsp3) is 0.714. The Morgan fingerprint density at radius 1 is 1.48 bits per heavy atom. The SMILES string of the molecule is Cc1ncoc1C(=O)N1C[C@@H](CN(C)CCO)[C@@H](CO)C1. The van der Waals surface area contributed by atoms with Crippen LogP contribution in [0.3, 0.4) is 0 Å². The lowest BCUT2D eigenvalue weighted by atomic mass is 9.96. The second-order valence-electron chi connectivity index (χ2n) is 5.67. The van der Waals surface area contributed by atoms with E-state index < -0.39 is 0 Å². The molecule has 118 valence electrons. The van der Waals surface area contributed by atoms with E-state index in [0.717, 1.165) is 6.54 Å². The number of likely N-dealkylation sites (tertiary alicyclic amines) is 1. The number of amides is 1. The van der Waals surface area contributed by atoms with Crippen LogP contribution in [0.1, 0.15) is 16.2 Å². The molecule has 0 unspecified atom stereocenters. The van der Waals surface area contributed by atoms with Gasteiger partial charge in [-0.3, -0.25) is 4.79 Å². The molecule has 0 radical (unpaired) electrons. The van der Waals surface area contributed by atoms with Crippen LogP contribution in [-0.4, -0.2) is 77.3 Å². The van der Waals surface area contributed by atoms with Gasteiger partial charge in [-0.05, 0) is 19.9 Å². The van der Waals surface area contributed by atoms with Crippen LogP contribution in [0, 0.1) is 18.8 Å². The number of likely N-dealkylation sites (N-methyl/N-ethyl adjacent to an activating group) is 1. The van der Waals surface area contributed by atoms with Crippen LogP contribution in [0.15, 0.2) is 10.8 Å². The number of carbonyl (C=O) groups is 1. The molecule has 2 heterocycles. The zero-order chi connectivity index (χ0) is 15.4. The number of rotatable bonds is 6. The van der Waals surface area contributed by atoms with Gasteiger partial charge in [-0.2, -0.15) is 0 Å². The summed E-state index contributed by atoms with van der Waals surface area (Å²) in [6.07, 6.45) is 1.27. The maximum absolute atomic E-state index is 12.4. The van der Waals surface area contributed by atoms with E-state index in [2.05, 4.69) is 4.98 Å². The second-order valence-corrected chi connectivity index (χ2v) is 5.67. The second kappa shape index (κ2) is 7.02. The zero-order valence-electron chi connectivity index (χ0n) is 12.5. The molecule has 1 aromatic heterocycles. The molecule has 0 spiro atoms. The third-order valence-corrected chi connectivity index (χ3v) is 4.07. The monoisotopic (exact) mass is 297 g/mol. The van der Waals surface area contributed by atoms with E-state index >= 15 is 0 Å². The molecule has 1 aromatic rings. The van der Waals surface area contributed by atoms with Crippen molar-refractivity contribution in [1.82, 2.24) is 14.8 Å². The molecule has 1 saturated heterocycles. The summed E-state index contributed by atoms with van der Waals surface area (Å²) < 4.78 is 5.15. The van der Waals surface area contributed by atoms with Gasteiger partial charge in [-0.25, -0.2) is 4.98 Å². The average molecular weight is 297 g/mol. The standard InChI is InChI=1S/C14H23N3O4/c1-10-13(21-9-15-10)14(20)17-6-11(12(7-17)8-19)5-16(2)3-4-18/h9,11-12,18-19H,3-8H2,1-2H3/t11-,12-/m1/s1. The molecule has 1 aliphatic rings. The minimum absolute atomic E-state index is 0.0524. The van der Waals surface area contributed by atoms with E-state index in [1.54, 1.807) is 11.8 Å². The molecule has 7 heteroatoms. The molecule has 1 amide bonds. The Balaban J connectivity index is 2.01. The van der Waals surface area contributed by atoms with Crippen molar-refractivity contribution in [3.8, 4) is 0 Å². The summed E-state index contributed by atoms with van der Waals surface area (Å²) in [5.41, 5.74) is 0.585. The lowest BCUT2D eigenvalue weighted by molar-refractivity contribution is 0.0746. The van der Waals surface area contributed by atoms with Crippen LogP contribution in [0.4, 0.5) is 0 Å². The summed E-state index contributed by atoms with van der Waals surface area (Å²) in [5.74, 6) is 0.351. The third kappa shape index (κ3) is 3.61. The third-order valence-electron chi connectivity index (χ3n) is 4.07. The normalized spacial score (nSPS) is 22.2. The molecule has 2 N–H and O–H groups in total. The highest BCUT2D eigenvalue weighted by Crippen LogP contribution is 2.25. The number of hydrogen-bond acceptors (Lipinski definition) is 6. The number of aliphatic hydroxyl groups is 2. The lowest BCUT2D eigenvalue weighted by Crippen LogP contribution is -2.33. The van der Waals surface area contributed by atoms with Crippen LogP contribution in [0.5, 0.6) is 0 Å². The molecule has 0 bridgehead atoms. The van der Waals surface area contributed by atoms with Crippen molar-refractivity contribution in [3.63, 3.8) is 0 Å². The van der Waals surface area contributed by atoms with Crippen LogP contribution in [0.2, 0.25) is 0 Å². The summed E-state index contributed by atoms with van der Waals surface area (Å²) in [6.45, 7) is 4.33. The first-order valence-corrected chi connectivity index (χ1v) is 7.16. The fourth-order valence-corrected chi connectivity index (χ4v) is 2.83. The van der Waals surface area contributed by atoms with E-state index in [-0.39, 0.29) is 36.7 Å². The van der Waals surface area contributed by atoms with Crippen LogP contribution < -0.4 is 0 Å². The summed E-state index contributed by atoms with van der Waals surface area (Å²) in [5, 5.41) is 18.5. The highest BCUT2D eigenvalue weighted by Gasteiger charge is 2.36. The Kier molecular flexibility index (Phi) is 5.33. The van der Waals surface area contributed by atoms with E-state index in [1.165, 1.54) is 6.39 Å². The molecule has 1 aliphatic heterocycles. The molecule has 1 fully saturated rings. The highest BCUT2D eigenvalue weighted by molar-refractivity contribution is 5.92. The van der Waals surface area contributed by atoms with Gasteiger partial charge in [0.15, 0.2) is 6.39 Å². The van der Waals surface area contributed by atoms with Crippen molar-refractivity contribution in [2.75, 3.05) is 46.4 Å². The molecular formula is C14H23N3O4. The summed E-state index contributed by atoms with van der Waals surface area (Å²) in [7, 11) is 1.93. The lowest BCUT2D eigenvalue weighted by Gasteiger charge is -2.22. The van der Waals surface area contributed by atoms with Crippen molar-refractivity contribution in [3.05, 3.63) is 17.8 Å². The number of hydrogen-bond donors (Lipinski definition) is 2. The molecule has 2 atom stereocenters. The van der Waals surface area contributed by atoms with E-state index in [4.69, 9.17) is 9.52 Å². The van der Waals surface area contributed by atoms with Crippen LogP contribution >= 0.6 is 0 Å². The quantitative estimate of drug-likeness (QED) is 0.742. The number of oxazole rings is 1. The topological polar surface area (TPSA) is 90.0 Å². The van der Waals surface area contributed by atoms with Crippen molar-refractivity contribution in [2.45, 2.75) is 6.92 Å². The van der Waals surface area contributed by atoms with Crippen molar-refractivity contribution >= 4 is 5.91 Å². The van der Waals surface area contributed by atoms with Crippen molar-refractivity contribution in [1.29, 1.82) is 0 Å². The first kappa shape index (κ1) is 15.9. The van der Waals surface area contributed by atoms with Gasteiger partial charge in [-0.1, -0.05) is 0 Å². The predicted octanol–water partition coefficient (Wildman–Crippen LogP) is -0.412. The molecule has 0 aliphatic carbocycles. The largest absolute Gasteiger partial charge is 0.438 e. The summed E-state index contributed by atoms with van der Waals surface area (Å²) in [6, 6.07) is 0. The van der Waals surface area contributed by atoms with Gasteiger partial charge in [0.05, 0.1) is 12.3 Å². The number of nitrogens with zero attached hydrogens (tertiary/aromatic N) is 3. The first-order chi connectivity index (χ1) is 10.1. The number of aromatic nitrogens is 1. The molecular weight excluding hydrogens is 274 g/mol. The predicted molar refractivity (Wildman–Crippen MR) is 75.8 cm³/mol. The Bertz CT molecular complexity index is 477. The van der Waals surface area contributed by atoms with Crippen LogP contribution in [-0.2, 0) is 0 Å². The van der Waals surface area contributed by atoms with Gasteiger partial charge in [0.1, 0.15) is 0 Å². The fourth-order valence-electron chi connectivity index (χ4n) is 2.83. The van der Waals surface area contributed by atoms with E-state index in [1.807, 2.05) is 11.9 Å². The molecule has 7 nitrogen and oxygen atoms in total. The molecule has 0 saturated carbocycles. The Morgan fingerprint density at radius 2 is 2.19 bits per heavy atom. The van der Waals surface area contributed by atoms with Crippen molar-refractivity contribution < 1.29 is 19.4 Å². The van der Waals surface area contributed by atoms with Crippen molar-refractivity contribution in [2.24, 2.45) is 11.8 Å². The number of aliphatic hydroxyl groups excluding tert-OH is 2. The first-order valence-electron chi connectivity index (χ1n) is 7.16. The van der Waals surface area contributed by atoms with Gasteiger partial charge in [0.2, 0.25) is 5.76 Å². The Labute approximate surface area is 124 Å². The summed E-state index contributed by atoms with van der Waals surface area (Å²) >= 11 is 0. The van der Waals surface area contributed by atoms with Gasteiger partial charge in [0, 0.05) is 38.7 Å². The van der Waals surface area contributed by atoms with E-state index in [0.29, 0.717) is 25.3 Å². The molecule has 2 rings (SSSR count). The number of aryl methyl sites for hydroxylation is 1. The minimum atomic E-state index is -0.171. The molecule has 21 heavy (non-hydrogen) atoms.